The van der Waals surface area contributed by atoms with Crippen LogP contribution >= 0.6 is 0 Å². The van der Waals surface area contributed by atoms with E-state index in [-0.39, 0.29) is 36.1 Å². The lowest BCUT2D eigenvalue weighted by atomic mass is 10.0. The second kappa shape index (κ2) is 11.4. The van der Waals surface area contributed by atoms with Crippen LogP contribution in [0.25, 0.3) is 11.1 Å². The summed E-state index contributed by atoms with van der Waals surface area (Å²) < 4.78 is 30.4. The third-order valence-corrected chi connectivity index (χ3v) is 4.62. The van der Waals surface area contributed by atoms with E-state index in [2.05, 4.69) is 13.2 Å². The molecule has 3 aromatic carbocycles. The van der Waals surface area contributed by atoms with Gasteiger partial charge >= 0.3 is 5.97 Å². The number of esters is 1. The van der Waals surface area contributed by atoms with Crippen LogP contribution in [0.4, 0.5) is 4.39 Å². The molecule has 0 atom stereocenters. The molecule has 3 aromatic rings. The Morgan fingerprint density at radius 1 is 0.735 bits per heavy atom. The van der Waals surface area contributed by atoms with E-state index in [1.807, 2.05) is 0 Å². The molecule has 0 spiro atoms. The minimum Gasteiger partial charge on any atom is -0.485 e. The summed E-state index contributed by atoms with van der Waals surface area (Å²) in [6.45, 7) is 6.38. The van der Waals surface area contributed by atoms with Crippen molar-refractivity contribution >= 4 is 17.5 Å². The Morgan fingerprint density at radius 3 is 1.82 bits per heavy atom. The molecular weight excluding hydrogens is 439 g/mol. The van der Waals surface area contributed by atoms with Crippen molar-refractivity contribution < 1.29 is 33.0 Å². The maximum atomic E-state index is 14.5. The summed E-state index contributed by atoms with van der Waals surface area (Å²) in [6.07, 6.45) is 2.31. The van der Waals surface area contributed by atoms with Crippen molar-refractivity contribution in [2.24, 2.45) is 0 Å². The van der Waals surface area contributed by atoms with Gasteiger partial charge in [-0.3, -0.25) is 9.59 Å². The Labute approximate surface area is 195 Å². The number of carbonyl (C=O) groups excluding carboxylic acids is 3. The van der Waals surface area contributed by atoms with Gasteiger partial charge in [-0.05, 0) is 66.2 Å². The van der Waals surface area contributed by atoms with Gasteiger partial charge in [0.25, 0.3) is 0 Å². The van der Waals surface area contributed by atoms with Crippen molar-refractivity contribution in [2.75, 3.05) is 13.2 Å². The molecule has 3 rings (SSSR count). The Morgan fingerprint density at radius 2 is 1.26 bits per heavy atom. The first-order chi connectivity index (χ1) is 16.4. The van der Waals surface area contributed by atoms with Gasteiger partial charge in [-0.2, -0.15) is 0 Å². The minimum absolute atomic E-state index is 0.125. The van der Waals surface area contributed by atoms with E-state index in [0.717, 1.165) is 6.08 Å². The zero-order valence-electron chi connectivity index (χ0n) is 18.2. The van der Waals surface area contributed by atoms with Crippen LogP contribution in [-0.4, -0.2) is 30.7 Å². The van der Waals surface area contributed by atoms with E-state index in [1.165, 1.54) is 30.3 Å². The molecule has 0 radical (unpaired) electrons. The summed E-state index contributed by atoms with van der Waals surface area (Å²) in [5.41, 5.74) is 1.15. The monoisotopic (exact) mass is 460 g/mol. The third-order valence-electron chi connectivity index (χ3n) is 4.62. The highest BCUT2D eigenvalue weighted by atomic mass is 19.1. The molecule has 0 unspecified atom stereocenters. The van der Waals surface area contributed by atoms with Crippen LogP contribution in [-0.2, 0) is 9.59 Å². The van der Waals surface area contributed by atoms with Gasteiger partial charge in [-0.1, -0.05) is 25.3 Å². The Kier molecular flexibility index (Phi) is 8.07. The molecule has 7 heteroatoms. The average molecular weight is 460 g/mol. The first-order valence-electron chi connectivity index (χ1n) is 10.2. The van der Waals surface area contributed by atoms with Crippen LogP contribution in [0, 0.1) is 5.82 Å². The van der Waals surface area contributed by atoms with Crippen LogP contribution < -0.4 is 14.2 Å². The van der Waals surface area contributed by atoms with Crippen molar-refractivity contribution in [2.45, 2.75) is 0 Å². The summed E-state index contributed by atoms with van der Waals surface area (Å²) >= 11 is 0. The molecule has 0 aromatic heterocycles. The number of benzene rings is 3. The summed E-state index contributed by atoms with van der Waals surface area (Å²) in [6, 6.07) is 16.8. The molecule has 0 amide bonds. The maximum Gasteiger partial charge on any atom is 0.343 e. The van der Waals surface area contributed by atoms with Gasteiger partial charge in [0.05, 0.1) is 5.56 Å². The topological polar surface area (TPSA) is 78.9 Å². The highest BCUT2D eigenvalue weighted by Gasteiger charge is 2.12. The largest absolute Gasteiger partial charge is 0.485 e. The standard InChI is InChI=1S/C27H21FO6/c1-3-20(29)16-32-22-9-11-23(12-10-22)34-27(31)19-7-5-18(6-8-19)25-14-13-24(15-26(25)28)33-17-21(30)4-2/h3-15H,1-2,16-17H2. The summed E-state index contributed by atoms with van der Waals surface area (Å²) in [7, 11) is 0. The molecule has 0 N–H and O–H groups in total. The van der Waals surface area contributed by atoms with Gasteiger partial charge in [-0.15, -0.1) is 0 Å². The predicted molar refractivity (Wildman–Crippen MR) is 125 cm³/mol. The van der Waals surface area contributed by atoms with Crippen LogP contribution in [0.15, 0.2) is 92.0 Å². The number of ketones is 2. The lowest BCUT2D eigenvalue weighted by Crippen LogP contribution is -2.09. The van der Waals surface area contributed by atoms with Gasteiger partial charge < -0.3 is 14.2 Å². The van der Waals surface area contributed by atoms with Gasteiger partial charge in [0.15, 0.2) is 24.8 Å². The molecule has 0 saturated heterocycles. The smallest absolute Gasteiger partial charge is 0.343 e. The van der Waals surface area contributed by atoms with Crippen molar-refractivity contribution in [3.05, 3.63) is 103 Å². The van der Waals surface area contributed by atoms with E-state index in [0.29, 0.717) is 22.6 Å². The molecule has 0 aliphatic rings. The zero-order chi connectivity index (χ0) is 24.5. The average Bonchev–Trinajstić information content (AvgIpc) is 2.86. The van der Waals surface area contributed by atoms with E-state index in [9.17, 15) is 18.8 Å². The molecule has 34 heavy (non-hydrogen) atoms. The van der Waals surface area contributed by atoms with Crippen LogP contribution in [0.5, 0.6) is 17.2 Å². The lowest BCUT2D eigenvalue weighted by Gasteiger charge is -2.09. The Balaban J connectivity index is 1.62. The van der Waals surface area contributed by atoms with Gasteiger partial charge in [-0.25, -0.2) is 9.18 Å². The third kappa shape index (κ3) is 6.49. The minimum atomic E-state index is -0.585. The molecule has 6 nitrogen and oxygen atoms in total. The zero-order valence-corrected chi connectivity index (χ0v) is 18.2. The van der Waals surface area contributed by atoms with Crippen molar-refractivity contribution in [1.82, 2.24) is 0 Å². The second-order valence-corrected chi connectivity index (χ2v) is 7.00. The number of hydrogen-bond donors (Lipinski definition) is 0. The molecule has 0 heterocycles. The fourth-order valence-electron chi connectivity index (χ4n) is 2.80. The molecule has 172 valence electrons. The number of hydrogen-bond acceptors (Lipinski definition) is 6. The number of rotatable bonds is 11. The lowest BCUT2D eigenvalue weighted by molar-refractivity contribution is -0.117. The fourth-order valence-corrected chi connectivity index (χ4v) is 2.80. The highest BCUT2D eigenvalue weighted by Crippen LogP contribution is 2.27. The van der Waals surface area contributed by atoms with E-state index >= 15 is 0 Å². The predicted octanol–water partition coefficient (Wildman–Crippen LogP) is 4.98. The quantitative estimate of drug-likeness (QED) is 0.228. The number of halogens is 1. The van der Waals surface area contributed by atoms with E-state index < -0.39 is 11.8 Å². The molecule has 0 saturated carbocycles. The highest BCUT2D eigenvalue weighted by molar-refractivity contribution is 5.92. The number of carbonyl (C=O) groups is 3. The van der Waals surface area contributed by atoms with Crippen LogP contribution in [0.2, 0.25) is 0 Å². The van der Waals surface area contributed by atoms with Gasteiger partial charge in [0, 0.05) is 11.6 Å². The maximum absolute atomic E-state index is 14.5. The SMILES string of the molecule is C=CC(=O)COc1ccc(OC(=O)c2ccc(-c3ccc(OCC(=O)C=C)cc3F)cc2)cc1. The molecular formula is C27H21FO6. The summed E-state index contributed by atoms with van der Waals surface area (Å²) in [4.78, 5) is 34.9. The molecule has 0 bridgehead atoms. The van der Waals surface area contributed by atoms with Crippen molar-refractivity contribution in [1.29, 1.82) is 0 Å². The summed E-state index contributed by atoms with van der Waals surface area (Å²) in [5.74, 6) is -0.702. The Hall–Kier alpha value is -4.52. The normalized spacial score (nSPS) is 10.1. The van der Waals surface area contributed by atoms with Crippen LogP contribution in [0.1, 0.15) is 10.4 Å². The van der Waals surface area contributed by atoms with E-state index in [4.69, 9.17) is 14.2 Å². The Bertz CT molecular complexity index is 1210. The van der Waals surface area contributed by atoms with E-state index in [1.54, 1.807) is 42.5 Å². The van der Waals surface area contributed by atoms with Crippen molar-refractivity contribution in [3.8, 4) is 28.4 Å². The van der Waals surface area contributed by atoms with Crippen molar-refractivity contribution in [3.63, 3.8) is 0 Å². The summed E-state index contributed by atoms with van der Waals surface area (Å²) in [5, 5.41) is 0. The molecule has 0 aliphatic carbocycles. The fraction of sp³-hybridized carbons (Fsp3) is 0.0741. The first kappa shape index (κ1) is 24.1. The number of ether oxygens (including phenoxy) is 3. The second-order valence-electron chi connectivity index (χ2n) is 7.00. The van der Waals surface area contributed by atoms with Crippen LogP contribution in [0.3, 0.4) is 0 Å². The molecule has 0 aliphatic heterocycles. The van der Waals surface area contributed by atoms with Gasteiger partial charge in [0.2, 0.25) is 0 Å². The van der Waals surface area contributed by atoms with Gasteiger partial charge in [0.1, 0.15) is 23.1 Å². The molecule has 0 fully saturated rings. The first-order valence-corrected chi connectivity index (χ1v) is 10.2.